The van der Waals surface area contributed by atoms with Gasteiger partial charge in [-0.25, -0.2) is 9.48 Å². The molecule has 0 spiro atoms. The van der Waals surface area contributed by atoms with Gasteiger partial charge in [-0.1, -0.05) is 12.1 Å². The monoisotopic (exact) mass is 381 g/mol. The van der Waals surface area contributed by atoms with E-state index in [9.17, 15) is 9.59 Å². The summed E-state index contributed by atoms with van der Waals surface area (Å²) in [4.78, 5) is 25.9. The van der Waals surface area contributed by atoms with E-state index in [4.69, 9.17) is 10.6 Å². The lowest BCUT2D eigenvalue weighted by Gasteiger charge is -2.07. The molecule has 0 fully saturated rings. The molecule has 28 heavy (non-hydrogen) atoms. The van der Waals surface area contributed by atoms with Crippen LogP contribution in [-0.2, 0) is 13.0 Å². The molecule has 0 unspecified atom stereocenters. The predicted molar refractivity (Wildman–Crippen MR) is 98.7 cm³/mol. The van der Waals surface area contributed by atoms with Gasteiger partial charge in [-0.15, -0.1) is 0 Å². The Labute approximate surface area is 158 Å². The Hall–Kier alpha value is -4.11. The molecule has 2 heterocycles. The highest BCUT2D eigenvalue weighted by atomic mass is 16.4. The van der Waals surface area contributed by atoms with Crippen molar-refractivity contribution in [2.24, 2.45) is 5.11 Å². The highest BCUT2D eigenvalue weighted by Gasteiger charge is 2.08. The summed E-state index contributed by atoms with van der Waals surface area (Å²) < 4.78 is 3.19. The number of carbonyl (C=O) groups is 1. The van der Waals surface area contributed by atoms with Gasteiger partial charge in [0, 0.05) is 24.4 Å². The quantitative estimate of drug-likeness (QED) is 0.420. The van der Waals surface area contributed by atoms with Crippen molar-refractivity contribution in [3.05, 3.63) is 70.4 Å². The summed E-state index contributed by atoms with van der Waals surface area (Å²) in [7, 11) is 0. The number of amides is 1. The van der Waals surface area contributed by atoms with Gasteiger partial charge in [-0.2, -0.15) is 10.2 Å². The molecule has 0 atom stereocenters. The molecule has 0 radical (unpaired) electrons. The summed E-state index contributed by atoms with van der Waals surface area (Å²) in [6, 6.07) is 8.21. The van der Waals surface area contributed by atoms with Crippen LogP contribution < -0.4 is 15.7 Å². The van der Waals surface area contributed by atoms with E-state index in [1.54, 1.807) is 52.2 Å². The van der Waals surface area contributed by atoms with E-state index in [0.717, 1.165) is 5.56 Å². The van der Waals surface area contributed by atoms with Crippen molar-refractivity contribution >= 4 is 11.8 Å². The number of aromatic nitrogens is 4. The Balaban J connectivity index is 1.81. The molecule has 1 amide bonds. The maximum Gasteiger partial charge on any atom is 0.409 e. The van der Waals surface area contributed by atoms with Gasteiger partial charge in [-0.3, -0.25) is 14.8 Å². The minimum Gasteiger partial charge on any atom is -0.465 e. The SMILES string of the molecule is N=[N+]=NCCn1cc(-n2ccc(=O)c(Cc3cccc(NC(=O)O)c3)n2)cn1. The van der Waals surface area contributed by atoms with Crippen LogP contribution in [0.1, 0.15) is 11.3 Å². The number of carboxylic acid groups (broad SMARTS) is 1. The fourth-order valence-corrected chi connectivity index (χ4v) is 2.58. The predicted octanol–water partition coefficient (Wildman–Crippen LogP) is 1.66. The zero-order valence-electron chi connectivity index (χ0n) is 14.7. The molecular formula is C17H17N8O3+. The molecule has 1 aromatic carbocycles. The Kier molecular flexibility index (Phi) is 5.68. The lowest BCUT2D eigenvalue weighted by molar-refractivity contribution is 0.210. The van der Waals surface area contributed by atoms with E-state index in [1.165, 1.54) is 6.07 Å². The summed E-state index contributed by atoms with van der Waals surface area (Å²) in [5, 5.41) is 23.2. The number of rotatable bonds is 7. The van der Waals surface area contributed by atoms with Crippen molar-refractivity contribution in [2.45, 2.75) is 13.0 Å². The van der Waals surface area contributed by atoms with Gasteiger partial charge in [0.15, 0.2) is 0 Å². The number of anilines is 1. The second kappa shape index (κ2) is 8.52. The van der Waals surface area contributed by atoms with Crippen molar-refractivity contribution in [1.82, 2.24) is 24.5 Å². The van der Waals surface area contributed by atoms with Crippen LogP contribution in [0.4, 0.5) is 10.5 Å². The highest BCUT2D eigenvalue weighted by Crippen LogP contribution is 2.13. The third-order valence-electron chi connectivity index (χ3n) is 3.81. The van der Waals surface area contributed by atoms with Crippen LogP contribution in [0.15, 0.2) is 58.8 Å². The smallest absolute Gasteiger partial charge is 0.409 e. The summed E-state index contributed by atoms with van der Waals surface area (Å²) in [5.74, 6) is 0. The van der Waals surface area contributed by atoms with Gasteiger partial charge >= 0.3 is 6.09 Å². The standard InChI is InChI=1S/C17H16N8O3/c18-23-19-5-7-24-11-14(10-20-24)25-6-4-16(26)15(22-25)9-12-2-1-3-13(8-12)21-17(27)28/h1-4,6,8,10-11,18,21H,5,7,9H2/p+1. The molecule has 0 saturated carbocycles. The fraction of sp³-hybridized carbons (Fsp3) is 0.176. The average molecular weight is 381 g/mol. The molecule has 3 N–H and O–H groups in total. The van der Waals surface area contributed by atoms with Crippen molar-refractivity contribution in [1.29, 1.82) is 5.53 Å². The first-order chi connectivity index (χ1) is 13.5. The molecular weight excluding hydrogens is 364 g/mol. The van der Waals surface area contributed by atoms with Crippen molar-refractivity contribution < 1.29 is 9.90 Å². The van der Waals surface area contributed by atoms with Crippen LogP contribution in [0.3, 0.4) is 0 Å². The highest BCUT2D eigenvalue weighted by molar-refractivity contribution is 5.82. The molecule has 2 aromatic heterocycles. The van der Waals surface area contributed by atoms with Crippen LogP contribution in [0.25, 0.3) is 5.69 Å². The lowest BCUT2D eigenvalue weighted by Crippen LogP contribution is -2.16. The molecule has 3 aromatic rings. The van der Waals surface area contributed by atoms with Gasteiger partial charge in [0.2, 0.25) is 10.3 Å². The zero-order valence-corrected chi connectivity index (χ0v) is 14.7. The minimum absolute atomic E-state index is 0.212. The number of nitrogens with one attached hydrogen (secondary N) is 2. The molecule has 11 heteroatoms. The summed E-state index contributed by atoms with van der Waals surface area (Å²) >= 11 is 0. The maximum atomic E-state index is 12.2. The Morgan fingerprint density at radius 2 is 2.21 bits per heavy atom. The molecule has 0 aliphatic carbocycles. The second-order valence-electron chi connectivity index (χ2n) is 5.81. The lowest BCUT2D eigenvalue weighted by atomic mass is 10.1. The first kappa shape index (κ1) is 18.7. The van der Waals surface area contributed by atoms with Crippen LogP contribution >= 0.6 is 0 Å². The first-order valence-electron chi connectivity index (χ1n) is 8.29. The Morgan fingerprint density at radius 1 is 1.36 bits per heavy atom. The molecule has 142 valence electrons. The third-order valence-corrected chi connectivity index (χ3v) is 3.81. The Morgan fingerprint density at radius 3 is 3.00 bits per heavy atom. The Bertz CT molecular complexity index is 1100. The first-order valence-corrected chi connectivity index (χ1v) is 8.29. The zero-order chi connectivity index (χ0) is 19.9. The molecule has 0 bridgehead atoms. The van der Waals surface area contributed by atoms with Crippen LogP contribution in [0.5, 0.6) is 0 Å². The van der Waals surface area contributed by atoms with Crippen molar-refractivity contribution in [3.63, 3.8) is 0 Å². The fourth-order valence-electron chi connectivity index (χ4n) is 2.58. The molecule has 0 aliphatic heterocycles. The molecule has 0 saturated heterocycles. The van der Waals surface area contributed by atoms with Crippen molar-refractivity contribution in [3.8, 4) is 5.69 Å². The van der Waals surface area contributed by atoms with E-state index >= 15 is 0 Å². The van der Waals surface area contributed by atoms with E-state index in [1.807, 2.05) is 0 Å². The van der Waals surface area contributed by atoms with Gasteiger partial charge in [-0.05, 0) is 17.7 Å². The van der Waals surface area contributed by atoms with E-state index in [2.05, 4.69) is 25.5 Å². The largest absolute Gasteiger partial charge is 0.465 e. The topological polar surface area (TPSA) is 152 Å². The second-order valence-corrected chi connectivity index (χ2v) is 5.81. The van der Waals surface area contributed by atoms with Crippen molar-refractivity contribution in [2.75, 3.05) is 11.9 Å². The van der Waals surface area contributed by atoms with Crippen LogP contribution in [0.2, 0.25) is 0 Å². The van der Waals surface area contributed by atoms with Gasteiger partial charge in [0.05, 0.1) is 18.9 Å². The van der Waals surface area contributed by atoms with E-state index < -0.39 is 6.09 Å². The van der Waals surface area contributed by atoms with E-state index in [-0.39, 0.29) is 11.8 Å². The third kappa shape index (κ3) is 4.74. The maximum absolute atomic E-state index is 12.2. The summed E-state index contributed by atoms with van der Waals surface area (Å²) in [6.07, 6.45) is 4.01. The molecule has 11 nitrogen and oxygen atoms in total. The number of nitrogens with zero attached hydrogens (tertiary/aromatic N) is 6. The molecule has 0 aliphatic rings. The average Bonchev–Trinajstić information content (AvgIpc) is 3.12. The van der Waals surface area contributed by atoms with Gasteiger partial charge in [0.1, 0.15) is 28.6 Å². The summed E-state index contributed by atoms with van der Waals surface area (Å²) in [5.41, 5.74) is 8.61. The molecule has 3 rings (SSSR count). The van der Waals surface area contributed by atoms with Crippen LogP contribution in [0, 0.1) is 5.53 Å². The van der Waals surface area contributed by atoms with Gasteiger partial charge in [0.25, 0.3) is 0 Å². The number of benzene rings is 1. The number of hydrogen-bond donors (Lipinski definition) is 3. The normalized spacial score (nSPS) is 10.3. The van der Waals surface area contributed by atoms with E-state index in [0.29, 0.717) is 30.2 Å². The minimum atomic E-state index is -1.15. The van der Waals surface area contributed by atoms with Gasteiger partial charge < -0.3 is 5.11 Å². The number of hydrogen-bond acceptors (Lipinski definition) is 6. The summed E-state index contributed by atoms with van der Waals surface area (Å²) in [6.45, 7) is 0.812. The van der Waals surface area contributed by atoms with Crippen LogP contribution in [-0.4, -0.2) is 37.3 Å².